The molecule has 1 aliphatic carbocycles. The zero-order valence-electron chi connectivity index (χ0n) is 14.4. The molecule has 11 heteroatoms. The fourth-order valence-electron chi connectivity index (χ4n) is 2.91. The van der Waals surface area contributed by atoms with E-state index in [0.717, 1.165) is 6.07 Å². The summed E-state index contributed by atoms with van der Waals surface area (Å²) in [5.41, 5.74) is -0.337. The number of hydrogen-bond donors (Lipinski definition) is 1. The maximum atomic E-state index is 12.7. The minimum Gasteiger partial charge on any atom is -0.471 e. The van der Waals surface area contributed by atoms with E-state index in [0.29, 0.717) is 0 Å². The van der Waals surface area contributed by atoms with Gasteiger partial charge in [-0.25, -0.2) is 13.8 Å². The van der Waals surface area contributed by atoms with Crippen molar-refractivity contribution in [1.82, 2.24) is 10.3 Å². The molecule has 0 unspecified atom stereocenters. The molecule has 0 saturated heterocycles. The number of rotatable bonds is 6. The Morgan fingerprint density at radius 3 is 2.48 bits per heavy atom. The predicted molar refractivity (Wildman–Crippen MR) is 85.2 cm³/mol. The lowest BCUT2D eigenvalue weighted by Crippen LogP contribution is -2.40. The topological polar surface area (TPSA) is 80.7 Å². The molecule has 1 aromatic rings. The molecule has 6 nitrogen and oxygen atoms in total. The van der Waals surface area contributed by atoms with Crippen molar-refractivity contribution < 1.29 is 31.5 Å². The third-order valence-corrected chi connectivity index (χ3v) is 4.37. The van der Waals surface area contributed by atoms with Gasteiger partial charge >= 0.3 is 6.18 Å². The maximum Gasteiger partial charge on any atom is 0.391 e. The van der Waals surface area contributed by atoms with Crippen LogP contribution in [-0.4, -0.2) is 36.1 Å². The normalized spacial score (nSPS) is 20.4. The van der Waals surface area contributed by atoms with Crippen LogP contribution in [0.25, 0.3) is 0 Å². The number of aromatic nitrogens is 1. The van der Waals surface area contributed by atoms with Crippen molar-refractivity contribution in [1.29, 1.82) is 0 Å². The van der Waals surface area contributed by atoms with Gasteiger partial charge in [0, 0.05) is 6.04 Å². The van der Waals surface area contributed by atoms with Crippen LogP contribution < -0.4 is 10.1 Å². The lowest BCUT2D eigenvalue weighted by Gasteiger charge is -2.30. The molecular weight excluding hydrogens is 377 g/mol. The smallest absolute Gasteiger partial charge is 0.391 e. The van der Waals surface area contributed by atoms with Gasteiger partial charge in [0.15, 0.2) is 6.61 Å². The van der Waals surface area contributed by atoms with Gasteiger partial charge in [-0.05, 0) is 43.9 Å². The molecule has 1 amide bonds. The van der Waals surface area contributed by atoms with E-state index in [1.54, 1.807) is 0 Å². The van der Waals surface area contributed by atoms with E-state index < -0.39 is 37.1 Å². The van der Waals surface area contributed by atoms with Crippen LogP contribution in [0, 0.1) is 17.7 Å². The molecule has 0 aromatic carbocycles. The molecular formula is C16H18F5N3O3. The van der Waals surface area contributed by atoms with Gasteiger partial charge in [0.25, 0.3) is 12.3 Å². The second-order valence-corrected chi connectivity index (χ2v) is 6.30. The van der Waals surface area contributed by atoms with Crippen LogP contribution in [0.2, 0.25) is 0 Å². The van der Waals surface area contributed by atoms with Gasteiger partial charge < -0.3 is 10.1 Å². The Bertz CT molecular complexity index is 689. The number of pyridine rings is 1. The molecule has 1 heterocycles. The number of carbonyl (C=O) groups is 1. The lowest BCUT2D eigenvalue weighted by atomic mass is 9.85. The molecule has 0 atom stereocenters. The van der Waals surface area contributed by atoms with E-state index >= 15 is 0 Å². The number of amides is 1. The number of alkyl halides is 5. The van der Waals surface area contributed by atoms with E-state index in [2.05, 4.69) is 15.5 Å². The van der Waals surface area contributed by atoms with Crippen molar-refractivity contribution in [2.75, 3.05) is 6.61 Å². The average Bonchev–Trinajstić information content (AvgIpc) is 2.59. The lowest BCUT2D eigenvalue weighted by molar-refractivity contribution is -0.182. The molecule has 1 saturated carbocycles. The zero-order valence-corrected chi connectivity index (χ0v) is 14.4. The predicted octanol–water partition coefficient (Wildman–Crippen LogP) is 4.28. The quantitative estimate of drug-likeness (QED) is 0.576. The van der Waals surface area contributed by atoms with E-state index in [-0.39, 0.29) is 48.5 Å². The average molecular weight is 395 g/mol. The molecule has 1 aliphatic rings. The number of halogens is 5. The molecule has 1 aromatic heterocycles. The first-order chi connectivity index (χ1) is 12.6. The molecule has 2 rings (SSSR count). The van der Waals surface area contributed by atoms with Crippen molar-refractivity contribution in [3.63, 3.8) is 0 Å². The number of aryl methyl sites for hydroxylation is 1. The van der Waals surface area contributed by atoms with Crippen LogP contribution in [0.3, 0.4) is 0 Å². The zero-order chi connectivity index (χ0) is 20.2. The van der Waals surface area contributed by atoms with Crippen molar-refractivity contribution in [3.05, 3.63) is 22.2 Å². The number of hydrogen-bond acceptors (Lipinski definition) is 5. The van der Waals surface area contributed by atoms with E-state index in [9.17, 15) is 31.7 Å². The summed E-state index contributed by atoms with van der Waals surface area (Å²) in [4.78, 5) is 27.1. The van der Waals surface area contributed by atoms with Gasteiger partial charge in [0.2, 0.25) is 5.88 Å². The summed E-state index contributed by atoms with van der Waals surface area (Å²) in [5.74, 6) is -2.56. The van der Waals surface area contributed by atoms with Crippen LogP contribution >= 0.6 is 0 Å². The second-order valence-electron chi connectivity index (χ2n) is 6.30. The highest BCUT2D eigenvalue weighted by atomic mass is 19.4. The van der Waals surface area contributed by atoms with Crippen molar-refractivity contribution in [2.45, 2.75) is 51.3 Å². The van der Waals surface area contributed by atoms with Crippen LogP contribution in [0.1, 0.15) is 41.7 Å². The Hall–Kier alpha value is -2.33. The minimum absolute atomic E-state index is 0.0940. The van der Waals surface area contributed by atoms with Gasteiger partial charge in [-0.15, -0.1) is 4.91 Å². The molecule has 0 spiro atoms. The summed E-state index contributed by atoms with van der Waals surface area (Å²) in [5, 5.41) is 5.26. The number of nitrogens with one attached hydrogen (secondary N) is 1. The first-order valence-corrected chi connectivity index (χ1v) is 8.25. The molecule has 0 aliphatic heterocycles. The third-order valence-electron chi connectivity index (χ3n) is 4.37. The maximum absolute atomic E-state index is 12.7. The second kappa shape index (κ2) is 8.57. The minimum atomic E-state index is -4.27. The SMILES string of the molecule is Cc1nc(OCC(F)F)c(C(=O)N[C@H]2CC[C@H](C(F)(F)F)CC2)cc1N=O. The monoisotopic (exact) mass is 395 g/mol. The summed E-state index contributed by atoms with van der Waals surface area (Å²) in [6.07, 6.45) is -7.05. The van der Waals surface area contributed by atoms with Crippen molar-refractivity contribution in [2.24, 2.45) is 11.1 Å². The third kappa shape index (κ3) is 5.57. The first-order valence-electron chi connectivity index (χ1n) is 8.25. The van der Waals surface area contributed by atoms with Gasteiger partial charge in [-0.2, -0.15) is 13.2 Å². The van der Waals surface area contributed by atoms with Crippen molar-refractivity contribution in [3.8, 4) is 5.88 Å². The van der Waals surface area contributed by atoms with E-state index in [4.69, 9.17) is 4.74 Å². The summed E-state index contributed by atoms with van der Waals surface area (Å²) in [6, 6.07) is 0.556. The summed E-state index contributed by atoms with van der Waals surface area (Å²) in [6.45, 7) is 0.392. The largest absolute Gasteiger partial charge is 0.471 e. The van der Waals surface area contributed by atoms with Gasteiger partial charge in [-0.1, -0.05) is 0 Å². The molecule has 0 bridgehead atoms. The standard InChI is InChI=1S/C16H18F5N3O3/c1-8-12(24-26)6-11(15(22-8)27-7-13(17)18)14(25)23-10-4-2-9(3-5-10)16(19,20)21/h6,9-10,13H,2-5,7H2,1H3,(H,23,25)/t9-,10-. The fourth-order valence-corrected chi connectivity index (χ4v) is 2.91. The van der Waals surface area contributed by atoms with E-state index in [1.807, 2.05) is 0 Å². The van der Waals surface area contributed by atoms with Crippen LogP contribution in [0.4, 0.5) is 27.6 Å². The molecule has 1 N–H and O–H groups in total. The van der Waals surface area contributed by atoms with Crippen molar-refractivity contribution >= 4 is 11.6 Å². The Balaban J connectivity index is 2.11. The van der Waals surface area contributed by atoms with Crippen LogP contribution in [0.15, 0.2) is 11.2 Å². The molecule has 0 radical (unpaired) electrons. The Morgan fingerprint density at radius 2 is 1.96 bits per heavy atom. The Kier molecular flexibility index (Phi) is 6.66. The number of carbonyl (C=O) groups excluding carboxylic acids is 1. The van der Waals surface area contributed by atoms with Gasteiger partial charge in [0.05, 0.1) is 11.6 Å². The van der Waals surface area contributed by atoms with Crippen LogP contribution in [-0.2, 0) is 0 Å². The highest BCUT2D eigenvalue weighted by molar-refractivity contribution is 5.97. The van der Waals surface area contributed by atoms with Gasteiger partial charge in [-0.3, -0.25) is 4.79 Å². The Morgan fingerprint density at radius 1 is 1.33 bits per heavy atom. The fraction of sp³-hybridized carbons (Fsp3) is 0.625. The molecule has 1 fully saturated rings. The number of nitroso groups, excluding NO2 is 1. The summed E-state index contributed by atoms with van der Waals surface area (Å²) in [7, 11) is 0. The van der Waals surface area contributed by atoms with Gasteiger partial charge in [0.1, 0.15) is 11.3 Å². The first kappa shape index (κ1) is 21.0. The summed E-state index contributed by atoms with van der Waals surface area (Å²) < 4.78 is 67.7. The molecule has 27 heavy (non-hydrogen) atoms. The summed E-state index contributed by atoms with van der Waals surface area (Å²) >= 11 is 0. The van der Waals surface area contributed by atoms with E-state index in [1.165, 1.54) is 6.92 Å². The Labute approximate surface area is 151 Å². The molecule has 150 valence electrons. The number of ether oxygens (including phenoxy) is 1. The van der Waals surface area contributed by atoms with Crippen LogP contribution in [0.5, 0.6) is 5.88 Å². The highest BCUT2D eigenvalue weighted by Crippen LogP contribution is 2.37. The highest BCUT2D eigenvalue weighted by Gasteiger charge is 2.41. The number of nitrogens with zero attached hydrogens (tertiary/aromatic N) is 2.